The number of benzene rings is 1. The Hall–Kier alpha value is -1.53. The van der Waals surface area contributed by atoms with Gasteiger partial charge in [-0.25, -0.2) is 4.39 Å². The minimum Gasteiger partial charge on any atom is -0.357 e. The van der Waals surface area contributed by atoms with E-state index >= 15 is 0 Å². The third-order valence-corrected chi connectivity index (χ3v) is 5.33. The van der Waals surface area contributed by atoms with Gasteiger partial charge in [0.1, 0.15) is 10.8 Å². The molecule has 1 aromatic heterocycles. The highest BCUT2D eigenvalue weighted by molar-refractivity contribution is 7.15. The summed E-state index contributed by atoms with van der Waals surface area (Å²) in [6, 6.07) is 7.07. The Balaban J connectivity index is 1.47. The maximum atomic E-state index is 12.9. The number of nitrogens with zero attached hydrogens (tertiary/aromatic N) is 3. The van der Waals surface area contributed by atoms with Gasteiger partial charge in [0.25, 0.3) is 0 Å². The van der Waals surface area contributed by atoms with Crippen LogP contribution in [0.25, 0.3) is 0 Å². The Morgan fingerprint density at radius 3 is 2.67 bits per heavy atom. The standard InChI is InChI=1S/C18H25FN4S/c1-2-3-10-23-11-8-16(9-12-23)20-18-22-21-17(24-18)13-14-4-6-15(19)7-5-14/h4-7,16H,2-3,8-13H2,1H3,(H,20,22). The van der Waals surface area contributed by atoms with Gasteiger partial charge in [-0.05, 0) is 43.5 Å². The number of rotatable bonds is 7. The molecule has 0 saturated carbocycles. The van der Waals surface area contributed by atoms with Crippen LogP contribution in [-0.4, -0.2) is 40.8 Å². The monoisotopic (exact) mass is 348 g/mol. The summed E-state index contributed by atoms with van der Waals surface area (Å²) in [6.07, 6.45) is 5.59. The summed E-state index contributed by atoms with van der Waals surface area (Å²) < 4.78 is 12.9. The molecule has 1 aliphatic heterocycles. The summed E-state index contributed by atoms with van der Waals surface area (Å²) in [5.41, 5.74) is 1.06. The molecule has 4 nitrogen and oxygen atoms in total. The first-order valence-corrected chi connectivity index (χ1v) is 9.60. The van der Waals surface area contributed by atoms with Crippen LogP contribution in [0.5, 0.6) is 0 Å². The lowest BCUT2D eigenvalue weighted by Crippen LogP contribution is -2.39. The molecule has 0 unspecified atom stereocenters. The summed E-state index contributed by atoms with van der Waals surface area (Å²) in [7, 11) is 0. The number of aromatic nitrogens is 2. The zero-order valence-corrected chi connectivity index (χ0v) is 15.0. The van der Waals surface area contributed by atoms with Gasteiger partial charge in [-0.3, -0.25) is 0 Å². The lowest BCUT2D eigenvalue weighted by Gasteiger charge is -2.32. The quantitative estimate of drug-likeness (QED) is 0.823. The van der Waals surface area contributed by atoms with Crippen LogP contribution in [0, 0.1) is 5.82 Å². The molecule has 2 heterocycles. The molecule has 0 radical (unpaired) electrons. The smallest absolute Gasteiger partial charge is 0.205 e. The van der Waals surface area contributed by atoms with Crippen molar-refractivity contribution in [3.63, 3.8) is 0 Å². The van der Waals surface area contributed by atoms with Gasteiger partial charge in [0.15, 0.2) is 0 Å². The fourth-order valence-corrected chi connectivity index (χ4v) is 3.87. The molecule has 1 N–H and O–H groups in total. The highest BCUT2D eigenvalue weighted by Gasteiger charge is 2.19. The Kier molecular flexibility index (Phi) is 6.15. The van der Waals surface area contributed by atoms with Crippen molar-refractivity contribution in [2.45, 2.75) is 45.1 Å². The Morgan fingerprint density at radius 2 is 1.96 bits per heavy atom. The van der Waals surface area contributed by atoms with E-state index in [2.05, 4.69) is 27.3 Å². The van der Waals surface area contributed by atoms with Gasteiger partial charge in [0, 0.05) is 25.6 Å². The van der Waals surface area contributed by atoms with Gasteiger partial charge in [0.05, 0.1) is 0 Å². The van der Waals surface area contributed by atoms with E-state index in [1.807, 2.05) is 0 Å². The number of piperidine rings is 1. The Labute approximate surface area is 147 Å². The van der Waals surface area contributed by atoms with E-state index in [-0.39, 0.29) is 5.82 Å². The van der Waals surface area contributed by atoms with Gasteiger partial charge in [-0.1, -0.05) is 36.8 Å². The SMILES string of the molecule is CCCCN1CCC(Nc2nnc(Cc3ccc(F)cc3)s2)CC1. The first-order valence-electron chi connectivity index (χ1n) is 8.78. The second-order valence-corrected chi connectivity index (χ2v) is 7.48. The fraction of sp³-hybridized carbons (Fsp3) is 0.556. The van der Waals surface area contributed by atoms with Crippen molar-refractivity contribution in [3.8, 4) is 0 Å². The summed E-state index contributed by atoms with van der Waals surface area (Å²) in [5, 5.41) is 13.9. The van der Waals surface area contributed by atoms with Crippen molar-refractivity contribution in [2.24, 2.45) is 0 Å². The molecule has 0 spiro atoms. The predicted octanol–water partition coefficient (Wildman–Crippen LogP) is 3.94. The van der Waals surface area contributed by atoms with Crippen LogP contribution >= 0.6 is 11.3 Å². The number of unbranched alkanes of at least 4 members (excludes halogenated alkanes) is 1. The van der Waals surface area contributed by atoms with Gasteiger partial charge >= 0.3 is 0 Å². The van der Waals surface area contributed by atoms with Crippen molar-refractivity contribution in [1.29, 1.82) is 0 Å². The van der Waals surface area contributed by atoms with Crippen LogP contribution in [0.1, 0.15) is 43.2 Å². The number of hydrogen-bond acceptors (Lipinski definition) is 5. The van der Waals surface area contributed by atoms with E-state index in [1.54, 1.807) is 23.5 Å². The number of nitrogens with one attached hydrogen (secondary N) is 1. The summed E-state index contributed by atoms with van der Waals surface area (Å²) >= 11 is 1.60. The molecular formula is C18H25FN4S. The topological polar surface area (TPSA) is 41.0 Å². The summed E-state index contributed by atoms with van der Waals surface area (Å²) in [4.78, 5) is 2.56. The minimum atomic E-state index is -0.205. The summed E-state index contributed by atoms with van der Waals surface area (Å²) in [6.45, 7) is 5.80. The predicted molar refractivity (Wildman–Crippen MR) is 97.1 cm³/mol. The number of anilines is 1. The van der Waals surface area contributed by atoms with Crippen LogP contribution < -0.4 is 5.32 Å². The lowest BCUT2D eigenvalue weighted by molar-refractivity contribution is 0.216. The van der Waals surface area contributed by atoms with Crippen molar-refractivity contribution in [3.05, 3.63) is 40.7 Å². The molecule has 24 heavy (non-hydrogen) atoms. The largest absolute Gasteiger partial charge is 0.357 e. The maximum absolute atomic E-state index is 12.9. The molecule has 3 rings (SSSR count). The fourth-order valence-electron chi connectivity index (χ4n) is 3.02. The van der Waals surface area contributed by atoms with E-state index in [0.717, 1.165) is 28.5 Å². The second kappa shape index (κ2) is 8.53. The first-order chi connectivity index (χ1) is 11.7. The van der Waals surface area contributed by atoms with E-state index < -0.39 is 0 Å². The van der Waals surface area contributed by atoms with E-state index in [1.165, 1.54) is 44.6 Å². The molecule has 0 bridgehead atoms. The molecule has 1 aromatic carbocycles. The third-order valence-electron chi connectivity index (χ3n) is 4.48. The van der Waals surface area contributed by atoms with Gasteiger partial charge in [0.2, 0.25) is 5.13 Å². The Bertz CT molecular complexity index is 620. The molecule has 0 atom stereocenters. The first kappa shape index (κ1) is 17.3. The van der Waals surface area contributed by atoms with Gasteiger partial charge in [-0.2, -0.15) is 0 Å². The molecule has 1 saturated heterocycles. The molecule has 0 aliphatic carbocycles. The second-order valence-electron chi connectivity index (χ2n) is 6.42. The normalized spacial score (nSPS) is 16.4. The third kappa shape index (κ3) is 4.98. The highest BCUT2D eigenvalue weighted by atomic mass is 32.1. The zero-order chi connectivity index (χ0) is 16.8. The molecule has 6 heteroatoms. The van der Waals surface area contributed by atoms with Gasteiger partial charge in [-0.15, -0.1) is 10.2 Å². The molecule has 1 fully saturated rings. The zero-order valence-electron chi connectivity index (χ0n) is 14.2. The minimum absolute atomic E-state index is 0.205. The number of likely N-dealkylation sites (tertiary alicyclic amines) is 1. The molecule has 1 aliphatic rings. The van der Waals surface area contributed by atoms with Gasteiger partial charge < -0.3 is 10.2 Å². The van der Waals surface area contributed by atoms with Crippen molar-refractivity contribution >= 4 is 16.5 Å². The lowest BCUT2D eigenvalue weighted by atomic mass is 10.1. The molecule has 130 valence electrons. The molecular weight excluding hydrogens is 323 g/mol. The van der Waals surface area contributed by atoms with E-state index in [0.29, 0.717) is 12.5 Å². The van der Waals surface area contributed by atoms with Crippen LogP contribution in [-0.2, 0) is 6.42 Å². The number of halogens is 1. The van der Waals surface area contributed by atoms with Crippen molar-refractivity contribution < 1.29 is 4.39 Å². The van der Waals surface area contributed by atoms with E-state index in [4.69, 9.17) is 0 Å². The van der Waals surface area contributed by atoms with Crippen LogP contribution in [0.3, 0.4) is 0 Å². The van der Waals surface area contributed by atoms with Crippen molar-refractivity contribution in [1.82, 2.24) is 15.1 Å². The molecule has 0 amide bonds. The van der Waals surface area contributed by atoms with E-state index in [9.17, 15) is 4.39 Å². The Morgan fingerprint density at radius 1 is 1.21 bits per heavy atom. The van der Waals surface area contributed by atoms with Crippen LogP contribution in [0.4, 0.5) is 9.52 Å². The van der Waals surface area contributed by atoms with Crippen LogP contribution in [0.15, 0.2) is 24.3 Å². The average Bonchev–Trinajstić information content (AvgIpc) is 3.03. The maximum Gasteiger partial charge on any atom is 0.205 e. The number of hydrogen-bond donors (Lipinski definition) is 1. The average molecular weight is 348 g/mol. The molecule has 2 aromatic rings. The summed E-state index contributed by atoms with van der Waals surface area (Å²) in [5.74, 6) is -0.205. The van der Waals surface area contributed by atoms with Crippen molar-refractivity contribution in [2.75, 3.05) is 25.0 Å². The highest BCUT2D eigenvalue weighted by Crippen LogP contribution is 2.22. The van der Waals surface area contributed by atoms with Crippen LogP contribution in [0.2, 0.25) is 0 Å².